The van der Waals surface area contributed by atoms with Crippen molar-refractivity contribution in [3.05, 3.63) is 0 Å². The van der Waals surface area contributed by atoms with E-state index in [1.807, 2.05) is 6.92 Å². The predicted molar refractivity (Wildman–Crippen MR) is 89.3 cm³/mol. The van der Waals surface area contributed by atoms with Crippen LogP contribution in [0.15, 0.2) is 0 Å². The van der Waals surface area contributed by atoms with E-state index < -0.39 is 0 Å². The van der Waals surface area contributed by atoms with E-state index in [1.54, 1.807) is 0 Å². The molecule has 0 aromatic carbocycles. The molecule has 1 aliphatic carbocycles. The maximum atomic E-state index is 9.13. The summed E-state index contributed by atoms with van der Waals surface area (Å²) in [7, 11) is 0. The molecular formula is C18H33N3O. The molecule has 0 radical (unpaired) electrons. The van der Waals surface area contributed by atoms with Gasteiger partial charge in [-0.3, -0.25) is 4.90 Å². The molecule has 2 unspecified atom stereocenters. The molecule has 1 saturated heterocycles. The first kappa shape index (κ1) is 17.7. The van der Waals surface area contributed by atoms with Gasteiger partial charge in [-0.15, -0.1) is 0 Å². The molecule has 2 rings (SSSR count). The van der Waals surface area contributed by atoms with Gasteiger partial charge in [0.05, 0.1) is 25.4 Å². The quantitative estimate of drug-likeness (QED) is 0.785. The fourth-order valence-corrected chi connectivity index (χ4v) is 3.78. The Morgan fingerprint density at radius 3 is 2.41 bits per heavy atom. The molecule has 0 amide bonds. The van der Waals surface area contributed by atoms with Crippen LogP contribution in [0.5, 0.6) is 0 Å². The highest BCUT2D eigenvalue weighted by Crippen LogP contribution is 2.30. The number of nitriles is 1. The van der Waals surface area contributed by atoms with E-state index >= 15 is 0 Å². The summed E-state index contributed by atoms with van der Waals surface area (Å²) in [5, 5.41) is 12.9. The monoisotopic (exact) mass is 307 g/mol. The smallest absolute Gasteiger partial charge is 0.0654 e. The Labute approximate surface area is 136 Å². The van der Waals surface area contributed by atoms with E-state index in [0.29, 0.717) is 6.17 Å². The van der Waals surface area contributed by atoms with Gasteiger partial charge in [0.1, 0.15) is 0 Å². The molecule has 1 heterocycles. The zero-order chi connectivity index (χ0) is 15.8. The minimum atomic E-state index is 0.108. The van der Waals surface area contributed by atoms with Crippen LogP contribution in [-0.2, 0) is 4.74 Å². The van der Waals surface area contributed by atoms with Gasteiger partial charge in [0.25, 0.3) is 0 Å². The first-order chi connectivity index (χ1) is 10.7. The summed E-state index contributed by atoms with van der Waals surface area (Å²) in [5.74, 6) is 1.89. The van der Waals surface area contributed by atoms with Crippen molar-refractivity contribution in [3.8, 4) is 6.07 Å². The predicted octanol–water partition coefficient (Wildman–Crippen LogP) is 3.00. The van der Waals surface area contributed by atoms with Crippen molar-refractivity contribution >= 4 is 0 Å². The van der Waals surface area contributed by atoms with Gasteiger partial charge in [0, 0.05) is 19.0 Å². The first-order valence-electron chi connectivity index (χ1n) is 9.17. The third kappa shape index (κ3) is 5.53. The highest BCUT2D eigenvalue weighted by Gasteiger charge is 2.25. The van der Waals surface area contributed by atoms with Gasteiger partial charge in [0.2, 0.25) is 0 Å². The Hall–Kier alpha value is -0.630. The van der Waals surface area contributed by atoms with E-state index in [0.717, 1.165) is 51.1 Å². The molecule has 0 aromatic rings. The molecule has 0 spiro atoms. The van der Waals surface area contributed by atoms with Crippen molar-refractivity contribution in [1.82, 2.24) is 10.2 Å². The van der Waals surface area contributed by atoms with Gasteiger partial charge in [-0.05, 0) is 44.6 Å². The van der Waals surface area contributed by atoms with Crippen LogP contribution in [0.25, 0.3) is 0 Å². The molecule has 2 fully saturated rings. The molecule has 4 heteroatoms. The van der Waals surface area contributed by atoms with Crippen LogP contribution >= 0.6 is 0 Å². The third-order valence-corrected chi connectivity index (χ3v) is 5.47. The van der Waals surface area contributed by atoms with Crippen LogP contribution in [0.2, 0.25) is 0 Å². The highest BCUT2D eigenvalue weighted by atomic mass is 16.5. The molecule has 126 valence electrons. The third-order valence-electron chi connectivity index (χ3n) is 5.47. The van der Waals surface area contributed by atoms with E-state index in [1.165, 1.54) is 32.1 Å². The number of nitrogens with one attached hydrogen (secondary N) is 1. The molecule has 1 saturated carbocycles. The van der Waals surface area contributed by atoms with Gasteiger partial charge in [-0.2, -0.15) is 5.26 Å². The molecule has 22 heavy (non-hydrogen) atoms. The number of ether oxygens (including phenoxy) is 1. The Kier molecular flexibility index (Phi) is 7.65. The van der Waals surface area contributed by atoms with Crippen LogP contribution in [-0.4, -0.2) is 43.9 Å². The minimum absolute atomic E-state index is 0.108. The molecule has 0 aromatic heterocycles. The lowest BCUT2D eigenvalue weighted by Gasteiger charge is -2.37. The van der Waals surface area contributed by atoms with Crippen LogP contribution in [0.4, 0.5) is 0 Å². The fraction of sp³-hybridized carbons (Fsp3) is 0.944. The van der Waals surface area contributed by atoms with E-state index in [2.05, 4.69) is 23.2 Å². The van der Waals surface area contributed by atoms with Crippen molar-refractivity contribution in [2.75, 3.05) is 32.8 Å². The molecule has 1 N–H and O–H groups in total. The Morgan fingerprint density at radius 2 is 1.82 bits per heavy atom. The maximum absolute atomic E-state index is 9.13. The summed E-state index contributed by atoms with van der Waals surface area (Å²) >= 11 is 0. The SMILES string of the molecule is CCC1CCC(CNC(CC(C)C#N)N2CCOCC2)CC1. The number of rotatable bonds is 7. The summed E-state index contributed by atoms with van der Waals surface area (Å²) in [6.45, 7) is 9.07. The largest absolute Gasteiger partial charge is 0.379 e. The molecular weight excluding hydrogens is 274 g/mol. The Bertz CT molecular complexity index is 341. The van der Waals surface area contributed by atoms with Crippen LogP contribution in [0.1, 0.15) is 52.4 Å². The highest BCUT2D eigenvalue weighted by molar-refractivity contribution is 4.85. The molecule has 2 atom stereocenters. The van der Waals surface area contributed by atoms with Crippen molar-refractivity contribution < 1.29 is 4.74 Å². The van der Waals surface area contributed by atoms with Gasteiger partial charge < -0.3 is 10.1 Å². The first-order valence-corrected chi connectivity index (χ1v) is 9.17. The molecule has 4 nitrogen and oxygen atoms in total. The number of hydrogen-bond donors (Lipinski definition) is 1. The topological polar surface area (TPSA) is 48.3 Å². The lowest BCUT2D eigenvalue weighted by atomic mass is 9.81. The van der Waals surface area contributed by atoms with E-state index in [9.17, 15) is 0 Å². The summed E-state index contributed by atoms with van der Waals surface area (Å²) in [5.41, 5.74) is 0. The zero-order valence-corrected chi connectivity index (χ0v) is 14.4. The van der Waals surface area contributed by atoms with Crippen molar-refractivity contribution in [3.63, 3.8) is 0 Å². The summed E-state index contributed by atoms with van der Waals surface area (Å²) in [4.78, 5) is 2.47. The fourth-order valence-electron chi connectivity index (χ4n) is 3.78. The number of hydrogen-bond acceptors (Lipinski definition) is 4. The average molecular weight is 307 g/mol. The zero-order valence-electron chi connectivity index (χ0n) is 14.4. The molecule has 2 aliphatic rings. The van der Waals surface area contributed by atoms with Gasteiger partial charge in [-0.25, -0.2) is 0 Å². The van der Waals surface area contributed by atoms with Gasteiger partial charge >= 0.3 is 0 Å². The van der Waals surface area contributed by atoms with Crippen molar-refractivity contribution in [2.24, 2.45) is 17.8 Å². The van der Waals surface area contributed by atoms with E-state index in [4.69, 9.17) is 10.00 Å². The second kappa shape index (κ2) is 9.50. The standard InChI is InChI=1S/C18H33N3O/c1-3-16-4-6-17(7-5-16)14-20-18(12-15(2)13-19)21-8-10-22-11-9-21/h15-18,20H,3-12,14H2,1-2H3. The number of nitrogens with zero attached hydrogens (tertiary/aromatic N) is 2. The summed E-state index contributed by atoms with van der Waals surface area (Å²) in [6.07, 6.45) is 8.14. The van der Waals surface area contributed by atoms with Gasteiger partial charge in [0.15, 0.2) is 0 Å². The van der Waals surface area contributed by atoms with Crippen LogP contribution in [0, 0.1) is 29.1 Å². The van der Waals surface area contributed by atoms with Crippen molar-refractivity contribution in [2.45, 2.75) is 58.5 Å². The van der Waals surface area contributed by atoms with Gasteiger partial charge in [-0.1, -0.05) is 26.2 Å². The second-order valence-electron chi connectivity index (χ2n) is 7.13. The maximum Gasteiger partial charge on any atom is 0.0654 e. The van der Waals surface area contributed by atoms with E-state index in [-0.39, 0.29) is 5.92 Å². The lowest BCUT2D eigenvalue weighted by molar-refractivity contribution is 0.00333. The summed E-state index contributed by atoms with van der Waals surface area (Å²) < 4.78 is 5.47. The minimum Gasteiger partial charge on any atom is -0.379 e. The van der Waals surface area contributed by atoms with Crippen molar-refractivity contribution in [1.29, 1.82) is 5.26 Å². The van der Waals surface area contributed by atoms with Crippen LogP contribution < -0.4 is 5.32 Å². The average Bonchev–Trinajstić information content (AvgIpc) is 2.59. The number of morpholine rings is 1. The summed E-state index contributed by atoms with van der Waals surface area (Å²) in [6, 6.07) is 2.39. The Morgan fingerprint density at radius 1 is 1.18 bits per heavy atom. The lowest BCUT2D eigenvalue weighted by Crippen LogP contribution is -2.52. The molecule has 1 aliphatic heterocycles. The Balaban J connectivity index is 1.79. The normalized spacial score (nSPS) is 29.7. The second-order valence-corrected chi connectivity index (χ2v) is 7.13. The molecule has 0 bridgehead atoms. The van der Waals surface area contributed by atoms with Crippen LogP contribution in [0.3, 0.4) is 0 Å².